The van der Waals surface area contributed by atoms with Gasteiger partial charge in [0.15, 0.2) is 0 Å². The molecule has 0 aromatic heterocycles. The standard InChI is InChI=1S/C19H22BrN3O/c1-15(16-6-5-7-17(20)14-16)21-23-12-10-22(11-13-23)18-8-3-4-9-19(18)24-2/h3-9,14H,10-13H2,1-2H3/b21-15+. The van der Waals surface area contributed by atoms with Gasteiger partial charge in [0.25, 0.3) is 0 Å². The smallest absolute Gasteiger partial charge is 0.142 e. The number of halogens is 1. The summed E-state index contributed by atoms with van der Waals surface area (Å²) in [6.07, 6.45) is 0. The van der Waals surface area contributed by atoms with Gasteiger partial charge in [0.2, 0.25) is 0 Å². The van der Waals surface area contributed by atoms with Crippen LogP contribution in [0.15, 0.2) is 58.1 Å². The first kappa shape index (κ1) is 16.8. The molecule has 0 saturated carbocycles. The Morgan fingerprint density at radius 2 is 1.79 bits per heavy atom. The number of anilines is 1. The molecular weight excluding hydrogens is 366 g/mol. The summed E-state index contributed by atoms with van der Waals surface area (Å²) < 4.78 is 6.55. The van der Waals surface area contributed by atoms with Gasteiger partial charge in [-0.2, -0.15) is 5.10 Å². The Balaban J connectivity index is 1.66. The van der Waals surface area contributed by atoms with Crippen LogP contribution in [0.3, 0.4) is 0 Å². The van der Waals surface area contributed by atoms with Gasteiger partial charge in [-0.15, -0.1) is 0 Å². The van der Waals surface area contributed by atoms with E-state index in [1.54, 1.807) is 7.11 Å². The van der Waals surface area contributed by atoms with Crippen LogP contribution in [0, 0.1) is 0 Å². The number of hydrogen-bond acceptors (Lipinski definition) is 4. The van der Waals surface area contributed by atoms with E-state index in [0.29, 0.717) is 0 Å². The fraction of sp³-hybridized carbons (Fsp3) is 0.316. The van der Waals surface area contributed by atoms with E-state index >= 15 is 0 Å². The van der Waals surface area contributed by atoms with Crippen LogP contribution >= 0.6 is 15.9 Å². The van der Waals surface area contributed by atoms with Crippen LogP contribution in [0.5, 0.6) is 5.75 Å². The summed E-state index contributed by atoms with van der Waals surface area (Å²) >= 11 is 3.52. The zero-order chi connectivity index (χ0) is 16.9. The topological polar surface area (TPSA) is 28.1 Å². The first-order valence-electron chi connectivity index (χ1n) is 8.11. The highest BCUT2D eigenvalue weighted by molar-refractivity contribution is 9.10. The molecule has 5 heteroatoms. The molecule has 0 atom stereocenters. The maximum absolute atomic E-state index is 5.47. The first-order chi connectivity index (χ1) is 11.7. The average molecular weight is 388 g/mol. The number of benzene rings is 2. The second kappa shape index (κ2) is 7.71. The van der Waals surface area contributed by atoms with Crippen molar-refractivity contribution in [2.24, 2.45) is 5.10 Å². The summed E-state index contributed by atoms with van der Waals surface area (Å²) in [5.74, 6) is 0.930. The van der Waals surface area contributed by atoms with Crippen LogP contribution < -0.4 is 9.64 Å². The molecule has 1 aliphatic rings. The molecular formula is C19H22BrN3O. The number of hydrogen-bond donors (Lipinski definition) is 0. The van der Waals surface area contributed by atoms with E-state index in [1.807, 2.05) is 24.3 Å². The van der Waals surface area contributed by atoms with Crippen LogP contribution in [-0.2, 0) is 0 Å². The van der Waals surface area contributed by atoms with Gasteiger partial charge in [-0.25, -0.2) is 0 Å². The summed E-state index contributed by atoms with van der Waals surface area (Å²) in [7, 11) is 1.72. The van der Waals surface area contributed by atoms with Crippen LogP contribution in [0.1, 0.15) is 12.5 Å². The summed E-state index contributed by atoms with van der Waals surface area (Å²) in [6, 6.07) is 16.4. The zero-order valence-corrected chi connectivity index (χ0v) is 15.7. The monoisotopic (exact) mass is 387 g/mol. The minimum Gasteiger partial charge on any atom is -0.495 e. The summed E-state index contributed by atoms with van der Waals surface area (Å²) in [5, 5.41) is 6.94. The molecule has 2 aromatic carbocycles. The lowest BCUT2D eigenvalue weighted by Gasteiger charge is -2.35. The maximum Gasteiger partial charge on any atom is 0.142 e. The zero-order valence-electron chi connectivity index (χ0n) is 14.1. The van der Waals surface area contributed by atoms with Crippen molar-refractivity contribution in [2.45, 2.75) is 6.92 Å². The highest BCUT2D eigenvalue weighted by atomic mass is 79.9. The Kier molecular flexibility index (Phi) is 5.41. The number of piperazine rings is 1. The Morgan fingerprint density at radius 1 is 1.04 bits per heavy atom. The van der Waals surface area contributed by atoms with Gasteiger partial charge < -0.3 is 9.64 Å². The third-order valence-electron chi connectivity index (χ3n) is 4.22. The molecule has 3 rings (SSSR count). The van der Waals surface area contributed by atoms with Crippen molar-refractivity contribution in [1.82, 2.24) is 5.01 Å². The predicted molar refractivity (Wildman–Crippen MR) is 103 cm³/mol. The molecule has 4 nitrogen and oxygen atoms in total. The molecule has 0 amide bonds. The molecule has 2 aromatic rings. The van der Waals surface area contributed by atoms with Crippen LogP contribution in [0.2, 0.25) is 0 Å². The van der Waals surface area contributed by atoms with E-state index in [0.717, 1.165) is 53.4 Å². The normalized spacial score (nSPS) is 15.5. The lowest BCUT2D eigenvalue weighted by atomic mass is 10.1. The molecule has 0 unspecified atom stereocenters. The average Bonchev–Trinajstić information content (AvgIpc) is 2.62. The van der Waals surface area contributed by atoms with Gasteiger partial charge in [-0.1, -0.05) is 40.2 Å². The van der Waals surface area contributed by atoms with Crippen molar-refractivity contribution >= 4 is 27.3 Å². The lowest BCUT2D eigenvalue weighted by Crippen LogP contribution is -2.44. The molecule has 24 heavy (non-hydrogen) atoms. The predicted octanol–water partition coefficient (Wildman–Crippen LogP) is 4.00. The van der Waals surface area contributed by atoms with Crippen LogP contribution in [0.4, 0.5) is 5.69 Å². The van der Waals surface area contributed by atoms with Crippen molar-refractivity contribution in [3.05, 3.63) is 58.6 Å². The van der Waals surface area contributed by atoms with E-state index in [1.165, 1.54) is 0 Å². The van der Waals surface area contributed by atoms with Gasteiger partial charge in [-0.05, 0) is 36.8 Å². The number of methoxy groups -OCH3 is 1. The van der Waals surface area contributed by atoms with E-state index in [4.69, 9.17) is 9.84 Å². The molecule has 1 heterocycles. The molecule has 1 fully saturated rings. The largest absolute Gasteiger partial charge is 0.495 e. The Bertz CT molecular complexity index is 724. The molecule has 0 radical (unpaired) electrons. The minimum atomic E-state index is 0.906. The molecule has 0 spiro atoms. The van der Waals surface area contributed by atoms with Crippen molar-refractivity contribution in [3.63, 3.8) is 0 Å². The van der Waals surface area contributed by atoms with Gasteiger partial charge in [0.1, 0.15) is 5.75 Å². The third-order valence-corrected chi connectivity index (χ3v) is 4.71. The van der Waals surface area contributed by atoms with Gasteiger partial charge in [-0.3, -0.25) is 5.01 Å². The Labute approximate surface area is 151 Å². The van der Waals surface area contributed by atoms with E-state index in [2.05, 4.69) is 57.0 Å². The highest BCUT2D eigenvalue weighted by Gasteiger charge is 2.18. The Morgan fingerprint density at radius 3 is 2.50 bits per heavy atom. The minimum absolute atomic E-state index is 0.906. The van der Waals surface area contributed by atoms with E-state index < -0.39 is 0 Å². The molecule has 0 aliphatic carbocycles. The number of nitrogens with zero attached hydrogens (tertiary/aromatic N) is 3. The van der Waals surface area contributed by atoms with Gasteiger partial charge >= 0.3 is 0 Å². The van der Waals surface area contributed by atoms with E-state index in [9.17, 15) is 0 Å². The molecule has 0 N–H and O–H groups in total. The molecule has 0 bridgehead atoms. The van der Waals surface area contributed by atoms with Gasteiger partial charge in [0.05, 0.1) is 31.6 Å². The third kappa shape index (κ3) is 3.90. The summed E-state index contributed by atoms with van der Waals surface area (Å²) in [5.41, 5.74) is 3.35. The van der Waals surface area contributed by atoms with Crippen molar-refractivity contribution in [2.75, 3.05) is 38.2 Å². The molecule has 126 valence electrons. The van der Waals surface area contributed by atoms with Gasteiger partial charge in [0, 0.05) is 17.6 Å². The van der Waals surface area contributed by atoms with Crippen molar-refractivity contribution in [1.29, 1.82) is 0 Å². The summed E-state index contributed by atoms with van der Waals surface area (Å²) in [4.78, 5) is 2.36. The van der Waals surface area contributed by atoms with Crippen LogP contribution in [-0.4, -0.2) is 44.0 Å². The first-order valence-corrected chi connectivity index (χ1v) is 8.91. The molecule has 1 saturated heterocycles. The van der Waals surface area contributed by atoms with Crippen LogP contribution in [0.25, 0.3) is 0 Å². The highest BCUT2D eigenvalue weighted by Crippen LogP contribution is 2.28. The maximum atomic E-state index is 5.47. The summed E-state index contributed by atoms with van der Waals surface area (Å²) in [6.45, 7) is 5.76. The Hall–Kier alpha value is -2.01. The number of ether oxygens (including phenoxy) is 1. The number of hydrazone groups is 1. The van der Waals surface area contributed by atoms with Crippen molar-refractivity contribution in [3.8, 4) is 5.75 Å². The lowest BCUT2D eigenvalue weighted by molar-refractivity contribution is 0.269. The quantitative estimate of drug-likeness (QED) is 0.742. The van der Waals surface area contributed by atoms with E-state index in [-0.39, 0.29) is 0 Å². The molecule has 1 aliphatic heterocycles. The number of para-hydroxylation sites is 2. The number of rotatable bonds is 4. The van der Waals surface area contributed by atoms with Crippen molar-refractivity contribution < 1.29 is 4.74 Å². The fourth-order valence-electron chi connectivity index (χ4n) is 2.91. The fourth-order valence-corrected chi connectivity index (χ4v) is 3.31. The SMILES string of the molecule is COc1ccccc1N1CCN(/N=C(\C)c2cccc(Br)c2)CC1. The second-order valence-electron chi connectivity index (χ2n) is 5.81. The second-order valence-corrected chi connectivity index (χ2v) is 6.72.